The molecule has 138 valence electrons. The number of nitrogens with zero attached hydrogens (tertiary/aromatic N) is 6. The molecule has 2 aromatic heterocycles. The van der Waals surface area contributed by atoms with Crippen molar-refractivity contribution in [3.8, 4) is 5.82 Å². The molecule has 0 atom stereocenters. The molecule has 0 bridgehead atoms. The van der Waals surface area contributed by atoms with Gasteiger partial charge in [-0.05, 0) is 26.0 Å². The molecule has 1 aromatic carbocycles. The summed E-state index contributed by atoms with van der Waals surface area (Å²) in [6.07, 6.45) is 3.15. The standard InChI is InChI=1S/C20H22N6O/c1-15-18(16(2)27)13-23-26(15)20-12-19(21-14-22-20)25-10-8-24(9-11-25)17-6-4-3-5-7-17/h3-7,12-14H,8-11H2,1-2H3. The van der Waals surface area contributed by atoms with Gasteiger partial charge in [-0.3, -0.25) is 4.79 Å². The van der Waals surface area contributed by atoms with Gasteiger partial charge in [-0.25, -0.2) is 14.6 Å². The molecular formula is C20H22N6O. The maximum Gasteiger partial charge on any atom is 0.163 e. The first-order valence-corrected chi connectivity index (χ1v) is 9.06. The minimum absolute atomic E-state index is 0.00469. The third-order valence-electron chi connectivity index (χ3n) is 4.97. The molecular weight excluding hydrogens is 340 g/mol. The van der Waals surface area contributed by atoms with Crippen LogP contribution in [0.5, 0.6) is 0 Å². The fourth-order valence-electron chi connectivity index (χ4n) is 3.44. The van der Waals surface area contributed by atoms with E-state index < -0.39 is 0 Å². The highest BCUT2D eigenvalue weighted by Crippen LogP contribution is 2.21. The van der Waals surface area contributed by atoms with Gasteiger partial charge < -0.3 is 9.80 Å². The van der Waals surface area contributed by atoms with Crippen molar-refractivity contribution in [2.75, 3.05) is 36.0 Å². The molecule has 0 saturated carbocycles. The Morgan fingerprint density at radius 3 is 2.30 bits per heavy atom. The molecule has 7 heteroatoms. The van der Waals surface area contributed by atoms with Crippen LogP contribution in [0, 0.1) is 6.92 Å². The van der Waals surface area contributed by atoms with Gasteiger partial charge in [0.15, 0.2) is 11.6 Å². The molecule has 0 unspecified atom stereocenters. The Labute approximate surface area is 158 Å². The first-order chi connectivity index (χ1) is 13.1. The number of hydrogen-bond acceptors (Lipinski definition) is 6. The Hall–Kier alpha value is -3.22. The van der Waals surface area contributed by atoms with Gasteiger partial charge in [-0.2, -0.15) is 5.10 Å². The normalized spacial score (nSPS) is 14.4. The van der Waals surface area contributed by atoms with E-state index in [1.54, 1.807) is 24.1 Å². The van der Waals surface area contributed by atoms with E-state index in [0.717, 1.165) is 37.7 Å². The van der Waals surface area contributed by atoms with Crippen LogP contribution in [0.2, 0.25) is 0 Å². The second-order valence-electron chi connectivity index (χ2n) is 6.66. The molecule has 0 amide bonds. The molecule has 1 saturated heterocycles. The molecule has 0 spiro atoms. The maximum absolute atomic E-state index is 11.7. The lowest BCUT2D eigenvalue weighted by atomic mass is 10.2. The fourth-order valence-corrected chi connectivity index (χ4v) is 3.44. The van der Waals surface area contributed by atoms with Gasteiger partial charge in [-0.1, -0.05) is 18.2 Å². The average molecular weight is 362 g/mol. The second-order valence-corrected chi connectivity index (χ2v) is 6.66. The Morgan fingerprint density at radius 1 is 0.963 bits per heavy atom. The van der Waals surface area contributed by atoms with Gasteiger partial charge in [0.05, 0.1) is 17.5 Å². The summed E-state index contributed by atoms with van der Waals surface area (Å²) in [7, 11) is 0. The summed E-state index contributed by atoms with van der Waals surface area (Å²) in [6.45, 7) is 7.09. The zero-order valence-electron chi connectivity index (χ0n) is 15.5. The number of ketones is 1. The van der Waals surface area contributed by atoms with Crippen molar-refractivity contribution in [1.29, 1.82) is 0 Å². The van der Waals surface area contributed by atoms with Crippen LogP contribution in [0.25, 0.3) is 5.82 Å². The predicted octanol–water partition coefficient (Wildman–Crippen LogP) is 2.50. The Bertz CT molecular complexity index is 944. The van der Waals surface area contributed by atoms with E-state index in [1.165, 1.54) is 5.69 Å². The van der Waals surface area contributed by atoms with E-state index in [0.29, 0.717) is 11.4 Å². The summed E-state index contributed by atoms with van der Waals surface area (Å²) in [5.41, 5.74) is 2.66. The van der Waals surface area contributed by atoms with Gasteiger partial charge in [-0.15, -0.1) is 0 Å². The predicted molar refractivity (Wildman–Crippen MR) is 105 cm³/mol. The fraction of sp³-hybridized carbons (Fsp3) is 0.300. The zero-order chi connectivity index (χ0) is 18.8. The second kappa shape index (κ2) is 7.19. The Morgan fingerprint density at radius 2 is 1.63 bits per heavy atom. The molecule has 7 nitrogen and oxygen atoms in total. The highest BCUT2D eigenvalue weighted by atomic mass is 16.1. The topological polar surface area (TPSA) is 67.2 Å². The summed E-state index contributed by atoms with van der Waals surface area (Å²) in [5, 5.41) is 4.32. The largest absolute Gasteiger partial charge is 0.368 e. The molecule has 1 fully saturated rings. The number of carbonyl (C=O) groups excluding carboxylic acids is 1. The zero-order valence-corrected chi connectivity index (χ0v) is 15.5. The van der Waals surface area contributed by atoms with E-state index in [4.69, 9.17) is 0 Å². The maximum atomic E-state index is 11.7. The third-order valence-corrected chi connectivity index (χ3v) is 4.97. The quantitative estimate of drug-likeness (QED) is 0.665. The van der Waals surface area contributed by atoms with E-state index in [1.807, 2.05) is 19.1 Å². The number of para-hydroxylation sites is 1. The number of aromatic nitrogens is 4. The summed E-state index contributed by atoms with van der Waals surface area (Å²) < 4.78 is 1.70. The van der Waals surface area contributed by atoms with E-state index in [2.05, 4.69) is 49.1 Å². The van der Waals surface area contributed by atoms with Crippen molar-refractivity contribution in [1.82, 2.24) is 19.7 Å². The monoisotopic (exact) mass is 362 g/mol. The SMILES string of the molecule is CC(=O)c1cnn(-c2cc(N3CCN(c4ccccc4)CC3)ncn2)c1C. The first kappa shape index (κ1) is 17.2. The van der Waals surface area contributed by atoms with Crippen LogP contribution in [0.1, 0.15) is 23.0 Å². The van der Waals surface area contributed by atoms with Crippen molar-refractivity contribution < 1.29 is 4.79 Å². The summed E-state index contributed by atoms with van der Waals surface area (Å²) in [5.74, 6) is 1.56. The Balaban J connectivity index is 1.51. The number of piperazine rings is 1. The van der Waals surface area contributed by atoms with Crippen molar-refractivity contribution >= 4 is 17.3 Å². The molecule has 0 radical (unpaired) electrons. The average Bonchev–Trinajstić information content (AvgIpc) is 3.10. The van der Waals surface area contributed by atoms with Crippen LogP contribution >= 0.6 is 0 Å². The number of rotatable bonds is 4. The van der Waals surface area contributed by atoms with E-state index in [-0.39, 0.29) is 5.78 Å². The molecule has 3 heterocycles. The van der Waals surface area contributed by atoms with Crippen LogP contribution < -0.4 is 9.80 Å². The first-order valence-electron chi connectivity index (χ1n) is 9.06. The summed E-state index contributed by atoms with van der Waals surface area (Å²) in [6, 6.07) is 12.4. The van der Waals surface area contributed by atoms with Crippen LogP contribution in [-0.2, 0) is 0 Å². The molecule has 4 rings (SSSR count). The lowest BCUT2D eigenvalue weighted by Gasteiger charge is -2.36. The summed E-state index contributed by atoms with van der Waals surface area (Å²) in [4.78, 5) is 25.1. The molecule has 3 aromatic rings. The van der Waals surface area contributed by atoms with E-state index >= 15 is 0 Å². The Kier molecular flexibility index (Phi) is 4.58. The number of Topliss-reactive ketones (excluding diaryl/α,β-unsaturated/α-hetero) is 1. The number of carbonyl (C=O) groups is 1. The van der Waals surface area contributed by atoms with Crippen molar-refractivity contribution in [2.45, 2.75) is 13.8 Å². The van der Waals surface area contributed by atoms with Crippen LogP contribution in [-0.4, -0.2) is 51.7 Å². The number of anilines is 2. The van der Waals surface area contributed by atoms with E-state index in [9.17, 15) is 4.79 Å². The van der Waals surface area contributed by atoms with Crippen molar-refractivity contribution in [2.24, 2.45) is 0 Å². The van der Waals surface area contributed by atoms with Crippen LogP contribution in [0.3, 0.4) is 0 Å². The molecule has 0 N–H and O–H groups in total. The molecule has 1 aliphatic heterocycles. The van der Waals surface area contributed by atoms with Crippen LogP contribution in [0.4, 0.5) is 11.5 Å². The highest BCUT2D eigenvalue weighted by molar-refractivity contribution is 5.95. The molecule has 27 heavy (non-hydrogen) atoms. The molecule has 1 aliphatic rings. The lowest BCUT2D eigenvalue weighted by molar-refractivity contribution is 0.101. The number of benzene rings is 1. The van der Waals surface area contributed by atoms with Crippen LogP contribution in [0.15, 0.2) is 48.9 Å². The smallest absolute Gasteiger partial charge is 0.163 e. The highest BCUT2D eigenvalue weighted by Gasteiger charge is 2.19. The number of hydrogen-bond donors (Lipinski definition) is 0. The van der Waals surface area contributed by atoms with Gasteiger partial charge in [0, 0.05) is 37.9 Å². The van der Waals surface area contributed by atoms with Crippen molar-refractivity contribution in [3.63, 3.8) is 0 Å². The minimum Gasteiger partial charge on any atom is -0.368 e. The molecule has 0 aliphatic carbocycles. The van der Waals surface area contributed by atoms with Crippen molar-refractivity contribution in [3.05, 3.63) is 60.2 Å². The van der Waals surface area contributed by atoms with Gasteiger partial charge in [0.25, 0.3) is 0 Å². The third kappa shape index (κ3) is 3.40. The van der Waals surface area contributed by atoms with Gasteiger partial charge in [0.1, 0.15) is 12.1 Å². The lowest BCUT2D eigenvalue weighted by Crippen LogP contribution is -2.46. The minimum atomic E-state index is 0.00469. The summed E-state index contributed by atoms with van der Waals surface area (Å²) >= 11 is 0. The van der Waals surface area contributed by atoms with Gasteiger partial charge in [0.2, 0.25) is 0 Å². The van der Waals surface area contributed by atoms with Gasteiger partial charge >= 0.3 is 0 Å².